The largest absolute Gasteiger partial charge is 0.327 e. The molecule has 2 heterocycles. The van der Waals surface area contributed by atoms with Gasteiger partial charge in [-0.05, 0) is 38.2 Å². The summed E-state index contributed by atoms with van der Waals surface area (Å²) >= 11 is 8.30. The predicted octanol–water partition coefficient (Wildman–Crippen LogP) is 4.25. The Hall–Kier alpha value is -1.54. The van der Waals surface area contributed by atoms with Crippen LogP contribution in [-0.4, -0.2) is 19.3 Å². The fourth-order valence-corrected chi connectivity index (χ4v) is 3.06. The van der Waals surface area contributed by atoms with Crippen molar-refractivity contribution in [2.45, 2.75) is 20.4 Å². The quantitative estimate of drug-likeness (QED) is 0.682. The summed E-state index contributed by atoms with van der Waals surface area (Å²) in [6, 6.07) is 2.41. The average Bonchev–Trinajstić information content (AvgIpc) is 2.87. The van der Waals surface area contributed by atoms with E-state index >= 15 is 0 Å². The predicted molar refractivity (Wildman–Crippen MR) is 82.3 cm³/mol. The van der Waals surface area contributed by atoms with Crippen LogP contribution in [0.5, 0.6) is 0 Å². The van der Waals surface area contributed by atoms with Crippen molar-refractivity contribution in [2.75, 3.05) is 0 Å². The Bertz CT molecular complexity index is 886. The Kier molecular flexibility index (Phi) is 3.45. The zero-order chi connectivity index (χ0) is 15.3. The van der Waals surface area contributed by atoms with E-state index in [9.17, 15) is 8.78 Å². The van der Waals surface area contributed by atoms with Gasteiger partial charge in [-0.25, -0.2) is 13.5 Å². The summed E-state index contributed by atoms with van der Waals surface area (Å²) in [6.45, 7) is 4.29. The molecule has 3 aromatic rings. The van der Waals surface area contributed by atoms with Gasteiger partial charge < -0.3 is 4.98 Å². The second-order valence-corrected chi connectivity index (χ2v) is 5.89. The van der Waals surface area contributed by atoms with Crippen molar-refractivity contribution in [3.8, 4) is 5.69 Å². The minimum atomic E-state index is -0.694. The fourth-order valence-electron chi connectivity index (χ4n) is 2.38. The second kappa shape index (κ2) is 5.03. The van der Waals surface area contributed by atoms with Crippen LogP contribution in [0.1, 0.15) is 12.6 Å². The number of imidazole rings is 1. The monoisotopic (exact) mass is 372 g/mol. The van der Waals surface area contributed by atoms with Gasteiger partial charge in [0.05, 0.1) is 5.69 Å². The van der Waals surface area contributed by atoms with Crippen molar-refractivity contribution < 1.29 is 8.78 Å². The molecule has 110 valence electrons. The molecule has 0 aliphatic heterocycles. The highest BCUT2D eigenvalue weighted by Crippen LogP contribution is 2.28. The lowest BCUT2D eigenvalue weighted by Crippen LogP contribution is -2.07. The number of nitrogens with zero attached hydrogens (tertiary/aromatic N) is 3. The van der Waals surface area contributed by atoms with Gasteiger partial charge in [0.25, 0.3) is 0 Å². The number of aromatic nitrogens is 4. The van der Waals surface area contributed by atoms with Crippen molar-refractivity contribution in [3.63, 3.8) is 0 Å². The molecule has 0 saturated carbocycles. The van der Waals surface area contributed by atoms with Gasteiger partial charge in [0, 0.05) is 11.0 Å². The minimum absolute atomic E-state index is 0.205. The third kappa shape index (κ3) is 2.13. The summed E-state index contributed by atoms with van der Waals surface area (Å²) in [6.07, 6.45) is 0. The lowest BCUT2D eigenvalue weighted by molar-refractivity contribution is 0.565. The van der Waals surface area contributed by atoms with E-state index in [-0.39, 0.29) is 10.5 Å². The maximum Gasteiger partial charge on any atom is 0.184 e. The first-order valence-corrected chi connectivity index (χ1v) is 7.47. The molecular weight excluding hydrogens is 362 g/mol. The van der Waals surface area contributed by atoms with Crippen LogP contribution in [0.3, 0.4) is 0 Å². The van der Waals surface area contributed by atoms with Crippen molar-refractivity contribution in [2.24, 2.45) is 0 Å². The van der Waals surface area contributed by atoms with E-state index in [2.05, 4.69) is 26.0 Å². The van der Waals surface area contributed by atoms with E-state index in [1.165, 1.54) is 16.7 Å². The molecule has 8 heteroatoms. The van der Waals surface area contributed by atoms with Crippen LogP contribution < -0.4 is 0 Å². The van der Waals surface area contributed by atoms with Gasteiger partial charge in [-0.2, -0.15) is 5.10 Å². The number of aryl methyl sites for hydroxylation is 2. The third-order valence-electron chi connectivity index (χ3n) is 3.25. The SMILES string of the molecule is CCn1nc(C)c2[nH]c(=S)n(-c3c(F)cc(Br)cc3F)c21. The lowest BCUT2D eigenvalue weighted by Gasteiger charge is -2.09. The number of fused-ring (bicyclic) bond motifs is 1. The molecule has 0 aliphatic carbocycles. The third-order valence-corrected chi connectivity index (χ3v) is 3.99. The zero-order valence-corrected chi connectivity index (χ0v) is 13.6. The second-order valence-electron chi connectivity index (χ2n) is 4.58. The summed E-state index contributed by atoms with van der Waals surface area (Å²) in [5.74, 6) is -1.39. The van der Waals surface area contributed by atoms with Crippen LogP contribution in [0.15, 0.2) is 16.6 Å². The van der Waals surface area contributed by atoms with Crippen molar-refractivity contribution >= 4 is 39.3 Å². The smallest absolute Gasteiger partial charge is 0.184 e. The number of nitrogens with one attached hydrogen (secondary N) is 1. The highest BCUT2D eigenvalue weighted by atomic mass is 79.9. The molecule has 0 atom stereocenters. The van der Waals surface area contributed by atoms with E-state index in [1.807, 2.05) is 13.8 Å². The van der Waals surface area contributed by atoms with Gasteiger partial charge in [0.15, 0.2) is 22.1 Å². The van der Waals surface area contributed by atoms with Gasteiger partial charge in [0.1, 0.15) is 11.2 Å². The Morgan fingerprint density at radius 1 is 1.33 bits per heavy atom. The van der Waals surface area contributed by atoms with E-state index in [4.69, 9.17) is 12.2 Å². The number of H-pyrrole nitrogens is 1. The summed E-state index contributed by atoms with van der Waals surface area (Å²) in [7, 11) is 0. The number of benzene rings is 1. The summed E-state index contributed by atoms with van der Waals surface area (Å²) in [4.78, 5) is 2.97. The molecule has 4 nitrogen and oxygen atoms in total. The Morgan fingerprint density at radius 3 is 2.52 bits per heavy atom. The van der Waals surface area contributed by atoms with Crippen LogP contribution in [-0.2, 0) is 6.54 Å². The molecule has 0 aliphatic rings. The summed E-state index contributed by atoms with van der Waals surface area (Å²) < 4.78 is 32.1. The Morgan fingerprint density at radius 2 is 1.95 bits per heavy atom. The average molecular weight is 373 g/mol. The number of halogens is 3. The maximum atomic E-state index is 14.2. The molecular formula is C13H11BrF2N4S. The van der Waals surface area contributed by atoms with Crippen LogP contribution in [0, 0.1) is 23.3 Å². The van der Waals surface area contributed by atoms with E-state index in [1.54, 1.807) is 4.68 Å². The van der Waals surface area contributed by atoms with Crippen LogP contribution >= 0.6 is 28.1 Å². The molecule has 2 aromatic heterocycles. The van der Waals surface area contributed by atoms with Crippen molar-refractivity contribution in [3.05, 3.63) is 38.7 Å². The molecule has 0 spiro atoms. The number of hydrogen-bond acceptors (Lipinski definition) is 2. The first-order chi connectivity index (χ1) is 9.93. The summed E-state index contributed by atoms with van der Waals surface area (Å²) in [5.41, 5.74) is 1.77. The highest BCUT2D eigenvalue weighted by Gasteiger charge is 2.20. The van der Waals surface area contributed by atoms with Gasteiger partial charge in [-0.1, -0.05) is 15.9 Å². The maximum absolute atomic E-state index is 14.2. The highest BCUT2D eigenvalue weighted by molar-refractivity contribution is 9.10. The first kappa shape index (κ1) is 14.4. The molecule has 0 bridgehead atoms. The number of rotatable bonds is 2. The molecule has 1 N–H and O–H groups in total. The molecule has 21 heavy (non-hydrogen) atoms. The van der Waals surface area contributed by atoms with Gasteiger partial charge >= 0.3 is 0 Å². The molecule has 0 unspecified atom stereocenters. The molecule has 0 amide bonds. The van der Waals surface area contributed by atoms with E-state index < -0.39 is 11.6 Å². The van der Waals surface area contributed by atoms with Gasteiger partial charge in [-0.3, -0.25) is 4.57 Å². The molecule has 0 saturated heterocycles. The van der Waals surface area contributed by atoms with Crippen LogP contribution in [0.2, 0.25) is 0 Å². The topological polar surface area (TPSA) is 38.5 Å². The summed E-state index contributed by atoms with van der Waals surface area (Å²) in [5, 5.41) is 4.34. The molecule has 1 aromatic carbocycles. The molecule has 0 fully saturated rings. The normalized spacial score (nSPS) is 11.5. The number of hydrogen-bond donors (Lipinski definition) is 1. The minimum Gasteiger partial charge on any atom is -0.327 e. The zero-order valence-electron chi connectivity index (χ0n) is 11.2. The van der Waals surface area contributed by atoms with E-state index in [0.29, 0.717) is 22.2 Å². The standard InChI is InChI=1S/C13H11BrF2N4S/c1-3-19-12-10(6(2)18-19)17-13(21)20(12)11-8(15)4-7(14)5-9(11)16/h4-5H,3H2,1-2H3,(H,17,21). The van der Waals surface area contributed by atoms with Gasteiger partial charge in [0.2, 0.25) is 0 Å². The first-order valence-electron chi connectivity index (χ1n) is 6.27. The Balaban J connectivity index is 2.46. The fraction of sp³-hybridized carbons (Fsp3) is 0.231. The van der Waals surface area contributed by atoms with Crippen LogP contribution in [0.4, 0.5) is 8.78 Å². The van der Waals surface area contributed by atoms with Crippen molar-refractivity contribution in [1.82, 2.24) is 19.3 Å². The number of aromatic amines is 1. The van der Waals surface area contributed by atoms with Crippen molar-refractivity contribution in [1.29, 1.82) is 0 Å². The lowest BCUT2D eigenvalue weighted by atomic mass is 10.3. The molecule has 0 radical (unpaired) electrons. The molecule has 3 rings (SSSR count). The van der Waals surface area contributed by atoms with Crippen LogP contribution in [0.25, 0.3) is 16.9 Å². The van der Waals surface area contributed by atoms with E-state index in [0.717, 1.165) is 5.69 Å². The van der Waals surface area contributed by atoms with Gasteiger partial charge in [-0.15, -0.1) is 0 Å². The Labute approximate surface area is 132 Å².